The number of halogens is 1. The highest BCUT2D eigenvalue weighted by Crippen LogP contribution is 2.21. The smallest absolute Gasteiger partial charge is 0.231 e. The number of rotatable bonds is 4. The van der Waals surface area contributed by atoms with Crippen LogP contribution in [0.15, 0.2) is 0 Å². The molecular formula is C14H22ClN5O. The van der Waals surface area contributed by atoms with Crippen molar-refractivity contribution in [2.45, 2.75) is 38.2 Å². The third kappa shape index (κ3) is 3.74. The van der Waals surface area contributed by atoms with Gasteiger partial charge in [0.05, 0.1) is 6.10 Å². The van der Waals surface area contributed by atoms with Crippen LogP contribution in [0.25, 0.3) is 0 Å². The average molecular weight is 312 g/mol. The monoisotopic (exact) mass is 311 g/mol. The van der Waals surface area contributed by atoms with Crippen molar-refractivity contribution in [1.29, 1.82) is 0 Å². The molecule has 6 nitrogen and oxygen atoms in total. The zero-order valence-corrected chi connectivity index (χ0v) is 13.2. The van der Waals surface area contributed by atoms with Crippen molar-refractivity contribution in [2.24, 2.45) is 0 Å². The summed E-state index contributed by atoms with van der Waals surface area (Å²) < 4.78 is 5.77. The van der Waals surface area contributed by atoms with E-state index in [0.717, 1.165) is 39.1 Å². The highest BCUT2D eigenvalue weighted by molar-refractivity contribution is 6.28. The first-order valence-corrected chi connectivity index (χ1v) is 8.09. The second-order valence-electron chi connectivity index (χ2n) is 5.77. The van der Waals surface area contributed by atoms with E-state index in [4.69, 9.17) is 16.3 Å². The van der Waals surface area contributed by atoms with Gasteiger partial charge < -0.3 is 14.5 Å². The number of likely N-dealkylation sites (N-methyl/N-ethyl adjacent to an activating group) is 1. The second kappa shape index (κ2) is 6.75. The van der Waals surface area contributed by atoms with Crippen LogP contribution in [0.2, 0.25) is 5.28 Å². The van der Waals surface area contributed by atoms with Gasteiger partial charge in [0.25, 0.3) is 0 Å². The van der Waals surface area contributed by atoms with Gasteiger partial charge in [-0.3, -0.25) is 0 Å². The van der Waals surface area contributed by atoms with Gasteiger partial charge in [-0.2, -0.15) is 15.0 Å². The number of hydrogen-bond acceptors (Lipinski definition) is 6. The van der Waals surface area contributed by atoms with E-state index in [-0.39, 0.29) is 11.4 Å². The van der Waals surface area contributed by atoms with Crippen LogP contribution in [0, 0.1) is 0 Å². The first-order valence-electron chi connectivity index (χ1n) is 7.71. The molecule has 3 rings (SSSR count). The van der Waals surface area contributed by atoms with E-state index in [9.17, 15) is 0 Å². The molecule has 3 heterocycles. The van der Waals surface area contributed by atoms with Crippen LogP contribution in [0.5, 0.6) is 0 Å². The maximum Gasteiger partial charge on any atom is 0.231 e. The zero-order chi connectivity index (χ0) is 14.7. The molecule has 0 saturated carbocycles. The van der Waals surface area contributed by atoms with Crippen LogP contribution >= 0.6 is 11.6 Å². The predicted octanol–water partition coefficient (Wildman–Crippen LogP) is 2.13. The molecule has 2 aliphatic heterocycles. The Morgan fingerprint density at radius 1 is 1.19 bits per heavy atom. The third-order valence-electron chi connectivity index (χ3n) is 4.07. The average Bonchev–Trinajstić information content (AvgIpc) is 3.02. The van der Waals surface area contributed by atoms with Crippen molar-refractivity contribution < 1.29 is 4.74 Å². The number of aromatic nitrogens is 3. The summed E-state index contributed by atoms with van der Waals surface area (Å²) in [5, 5.41) is 0.262. The van der Waals surface area contributed by atoms with E-state index in [0.29, 0.717) is 11.9 Å². The van der Waals surface area contributed by atoms with Crippen LogP contribution in [-0.4, -0.2) is 54.3 Å². The Morgan fingerprint density at radius 3 is 2.71 bits per heavy atom. The molecule has 1 atom stereocenters. The van der Waals surface area contributed by atoms with Gasteiger partial charge in [0.1, 0.15) is 0 Å². The molecule has 2 aliphatic rings. The molecule has 0 amide bonds. The number of anilines is 2. The largest absolute Gasteiger partial charge is 0.376 e. The van der Waals surface area contributed by atoms with Crippen LogP contribution in [0.1, 0.15) is 32.1 Å². The zero-order valence-electron chi connectivity index (χ0n) is 12.5. The molecule has 21 heavy (non-hydrogen) atoms. The minimum Gasteiger partial charge on any atom is -0.376 e. The lowest BCUT2D eigenvalue weighted by Crippen LogP contribution is -2.34. The lowest BCUT2D eigenvalue weighted by Gasteiger charge is -2.27. The Balaban J connectivity index is 1.70. The Morgan fingerprint density at radius 2 is 2.00 bits per heavy atom. The highest BCUT2D eigenvalue weighted by atomic mass is 35.5. The van der Waals surface area contributed by atoms with E-state index in [2.05, 4.69) is 19.9 Å². The summed E-state index contributed by atoms with van der Waals surface area (Å²) in [5.74, 6) is 1.32. The molecule has 0 bridgehead atoms. The van der Waals surface area contributed by atoms with Crippen molar-refractivity contribution in [3.63, 3.8) is 0 Å². The van der Waals surface area contributed by atoms with E-state index >= 15 is 0 Å². The second-order valence-corrected chi connectivity index (χ2v) is 6.11. The van der Waals surface area contributed by atoms with Crippen molar-refractivity contribution in [1.82, 2.24) is 15.0 Å². The molecule has 0 N–H and O–H groups in total. The van der Waals surface area contributed by atoms with Gasteiger partial charge in [-0.1, -0.05) is 0 Å². The molecule has 116 valence electrons. The Kier molecular flexibility index (Phi) is 4.75. The van der Waals surface area contributed by atoms with Gasteiger partial charge in [-0.25, -0.2) is 0 Å². The summed E-state index contributed by atoms with van der Waals surface area (Å²) in [6.07, 6.45) is 6.12. The molecule has 0 aromatic carbocycles. The highest BCUT2D eigenvalue weighted by Gasteiger charge is 2.21. The van der Waals surface area contributed by atoms with Crippen LogP contribution < -0.4 is 9.80 Å². The molecule has 0 radical (unpaired) electrons. The van der Waals surface area contributed by atoms with Crippen LogP contribution in [-0.2, 0) is 4.74 Å². The summed E-state index contributed by atoms with van der Waals surface area (Å²) in [5.41, 5.74) is 0. The minimum absolute atomic E-state index is 0.259. The maximum absolute atomic E-state index is 6.07. The molecule has 2 fully saturated rings. The fourth-order valence-electron chi connectivity index (χ4n) is 2.90. The SMILES string of the molecule is CN(CC1CCCCO1)c1nc(Cl)nc(N2CCCC2)n1. The topological polar surface area (TPSA) is 54.4 Å². The lowest BCUT2D eigenvalue weighted by atomic mass is 10.1. The van der Waals surface area contributed by atoms with Crippen molar-refractivity contribution in [3.05, 3.63) is 5.28 Å². The van der Waals surface area contributed by atoms with Crippen LogP contribution in [0.3, 0.4) is 0 Å². The molecule has 0 spiro atoms. The van der Waals surface area contributed by atoms with Gasteiger partial charge in [-0.15, -0.1) is 0 Å². The van der Waals surface area contributed by atoms with Crippen LogP contribution in [0.4, 0.5) is 11.9 Å². The molecular weight excluding hydrogens is 290 g/mol. The third-order valence-corrected chi connectivity index (χ3v) is 4.24. The summed E-state index contributed by atoms with van der Waals surface area (Å²) in [6.45, 7) is 3.64. The van der Waals surface area contributed by atoms with Gasteiger partial charge in [0.2, 0.25) is 17.2 Å². The Bertz CT molecular complexity index is 474. The summed E-state index contributed by atoms with van der Waals surface area (Å²) in [7, 11) is 1.98. The molecule has 1 aromatic rings. The maximum atomic E-state index is 6.07. The first-order chi connectivity index (χ1) is 10.2. The number of nitrogens with zero attached hydrogens (tertiary/aromatic N) is 5. The number of ether oxygens (including phenoxy) is 1. The van der Waals surface area contributed by atoms with E-state index in [1.165, 1.54) is 19.3 Å². The molecule has 2 saturated heterocycles. The van der Waals surface area contributed by atoms with E-state index < -0.39 is 0 Å². The summed E-state index contributed by atoms with van der Waals surface area (Å²) >= 11 is 6.07. The molecule has 1 unspecified atom stereocenters. The normalized spacial score (nSPS) is 22.6. The Hall–Kier alpha value is -1.14. The van der Waals surface area contributed by atoms with Gasteiger partial charge in [0, 0.05) is 33.3 Å². The summed E-state index contributed by atoms with van der Waals surface area (Å²) in [6, 6.07) is 0. The minimum atomic E-state index is 0.259. The van der Waals surface area contributed by atoms with Gasteiger partial charge >= 0.3 is 0 Å². The van der Waals surface area contributed by atoms with E-state index in [1.54, 1.807) is 0 Å². The van der Waals surface area contributed by atoms with Gasteiger partial charge in [-0.05, 0) is 43.7 Å². The van der Waals surface area contributed by atoms with Gasteiger partial charge in [0.15, 0.2) is 0 Å². The van der Waals surface area contributed by atoms with E-state index in [1.807, 2.05) is 11.9 Å². The Labute approximate surface area is 130 Å². The number of hydrogen-bond donors (Lipinski definition) is 0. The fraction of sp³-hybridized carbons (Fsp3) is 0.786. The standard InChI is InChI=1S/C14H22ClN5O/c1-19(10-11-6-2-5-9-21-11)13-16-12(15)17-14(18-13)20-7-3-4-8-20/h11H,2-10H2,1H3. The van der Waals surface area contributed by atoms with Crippen molar-refractivity contribution >= 4 is 23.5 Å². The quantitative estimate of drug-likeness (QED) is 0.849. The predicted molar refractivity (Wildman–Crippen MR) is 83.1 cm³/mol. The lowest BCUT2D eigenvalue weighted by molar-refractivity contribution is 0.0214. The molecule has 0 aliphatic carbocycles. The van der Waals surface area contributed by atoms with Crippen molar-refractivity contribution in [3.8, 4) is 0 Å². The molecule has 7 heteroatoms. The van der Waals surface area contributed by atoms with Crippen molar-refractivity contribution in [2.75, 3.05) is 43.1 Å². The first kappa shape index (κ1) is 14.8. The summed E-state index contributed by atoms with van der Waals surface area (Å²) in [4.78, 5) is 17.3. The fourth-order valence-corrected chi connectivity index (χ4v) is 3.05. The molecule has 1 aromatic heterocycles.